The first kappa shape index (κ1) is 17.3. The van der Waals surface area contributed by atoms with Crippen LogP contribution in [0.4, 0.5) is 13.2 Å². The molecule has 0 radical (unpaired) electrons. The normalized spacial score (nSPS) is 16.3. The van der Waals surface area contributed by atoms with Gasteiger partial charge in [-0.2, -0.15) is 13.2 Å². The molecule has 0 unspecified atom stereocenters. The fourth-order valence-corrected chi connectivity index (χ4v) is 2.65. The van der Waals surface area contributed by atoms with Gasteiger partial charge in [0.2, 0.25) is 11.8 Å². The largest absolute Gasteiger partial charge is 0.416 e. The van der Waals surface area contributed by atoms with E-state index < -0.39 is 11.7 Å². The number of amides is 2. The van der Waals surface area contributed by atoms with Gasteiger partial charge in [-0.05, 0) is 30.5 Å². The van der Waals surface area contributed by atoms with Gasteiger partial charge in [-0.15, -0.1) is 0 Å². The van der Waals surface area contributed by atoms with Crippen molar-refractivity contribution in [3.63, 3.8) is 0 Å². The number of rotatable bonds is 3. The third-order valence-electron chi connectivity index (χ3n) is 4.03. The van der Waals surface area contributed by atoms with Crippen molar-refractivity contribution in [2.45, 2.75) is 32.5 Å². The molecule has 1 heterocycles. The first-order valence-electron chi connectivity index (χ1n) is 7.46. The van der Waals surface area contributed by atoms with Crippen LogP contribution in [-0.2, 0) is 22.3 Å². The van der Waals surface area contributed by atoms with E-state index in [0.717, 1.165) is 12.1 Å². The molecule has 0 bridgehead atoms. The number of hydrogen-bond donors (Lipinski definition) is 1. The molecule has 2 rings (SSSR count). The molecule has 1 fully saturated rings. The number of likely N-dealkylation sites (tertiary alicyclic amines) is 1. The highest BCUT2D eigenvalue weighted by Gasteiger charge is 2.30. The molecule has 1 N–H and O–H groups in total. The van der Waals surface area contributed by atoms with E-state index in [0.29, 0.717) is 31.5 Å². The van der Waals surface area contributed by atoms with Crippen molar-refractivity contribution in [2.24, 2.45) is 5.92 Å². The van der Waals surface area contributed by atoms with E-state index >= 15 is 0 Å². The standard InChI is InChI=1S/C16H19F3N2O2/c1-11(22)21-7-5-13(6-8-21)15(23)20-10-12-3-2-4-14(9-12)16(17,18)19/h2-4,9,13H,5-8,10H2,1H3,(H,20,23). The molecule has 0 aromatic heterocycles. The van der Waals surface area contributed by atoms with E-state index in [1.165, 1.54) is 13.0 Å². The predicted molar refractivity (Wildman–Crippen MR) is 78.3 cm³/mol. The predicted octanol–water partition coefficient (Wildman–Crippen LogP) is 2.58. The van der Waals surface area contributed by atoms with Crippen LogP contribution in [0.5, 0.6) is 0 Å². The lowest BCUT2D eigenvalue weighted by Gasteiger charge is -2.30. The van der Waals surface area contributed by atoms with Crippen LogP contribution in [0.2, 0.25) is 0 Å². The van der Waals surface area contributed by atoms with Crippen molar-refractivity contribution in [3.8, 4) is 0 Å². The van der Waals surface area contributed by atoms with Crippen molar-refractivity contribution >= 4 is 11.8 Å². The van der Waals surface area contributed by atoms with Gasteiger partial charge < -0.3 is 10.2 Å². The Morgan fingerprint density at radius 3 is 2.48 bits per heavy atom. The minimum absolute atomic E-state index is 0.00664. The van der Waals surface area contributed by atoms with E-state index in [2.05, 4.69) is 5.32 Å². The molecule has 126 valence electrons. The van der Waals surface area contributed by atoms with Gasteiger partial charge in [-0.3, -0.25) is 9.59 Å². The minimum atomic E-state index is -4.39. The molecule has 7 heteroatoms. The number of nitrogens with one attached hydrogen (secondary N) is 1. The number of carbonyl (C=O) groups is 2. The Morgan fingerprint density at radius 1 is 1.26 bits per heavy atom. The highest BCUT2D eigenvalue weighted by Crippen LogP contribution is 2.29. The van der Waals surface area contributed by atoms with E-state index in [1.807, 2.05) is 0 Å². The average Bonchev–Trinajstić information content (AvgIpc) is 2.52. The molecule has 0 atom stereocenters. The minimum Gasteiger partial charge on any atom is -0.352 e. The van der Waals surface area contributed by atoms with Gasteiger partial charge in [0.15, 0.2) is 0 Å². The molecule has 4 nitrogen and oxygen atoms in total. The zero-order valence-electron chi connectivity index (χ0n) is 12.8. The summed E-state index contributed by atoms with van der Waals surface area (Å²) in [5, 5.41) is 2.68. The summed E-state index contributed by atoms with van der Waals surface area (Å²) in [5.41, 5.74) is -0.312. The molecule has 2 amide bonds. The summed E-state index contributed by atoms with van der Waals surface area (Å²) in [5.74, 6) is -0.380. The Kier molecular flexibility index (Phi) is 5.28. The van der Waals surface area contributed by atoms with Gasteiger partial charge in [-0.1, -0.05) is 12.1 Å². The second kappa shape index (κ2) is 7.02. The summed E-state index contributed by atoms with van der Waals surface area (Å²) < 4.78 is 37.9. The average molecular weight is 328 g/mol. The molecule has 0 saturated carbocycles. The number of piperidine rings is 1. The summed E-state index contributed by atoms with van der Waals surface area (Å²) in [7, 11) is 0. The van der Waals surface area contributed by atoms with Gasteiger partial charge in [0, 0.05) is 32.5 Å². The van der Waals surface area contributed by atoms with Crippen LogP contribution >= 0.6 is 0 Å². The second-order valence-electron chi connectivity index (χ2n) is 5.70. The monoisotopic (exact) mass is 328 g/mol. The third kappa shape index (κ3) is 4.71. The molecule has 1 aliphatic heterocycles. The molecule has 0 aliphatic carbocycles. The van der Waals surface area contributed by atoms with E-state index in [4.69, 9.17) is 0 Å². The summed E-state index contributed by atoms with van der Waals surface area (Å²) in [6.45, 7) is 2.64. The van der Waals surface area contributed by atoms with Crippen molar-refractivity contribution < 1.29 is 22.8 Å². The number of hydrogen-bond acceptors (Lipinski definition) is 2. The summed E-state index contributed by atoms with van der Waals surface area (Å²) in [4.78, 5) is 25.0. The fraction of sp³-hybridized carbons (Fsp3) is 0.500. The zero-order chi connectivity index (χ0) is 17.0. The van der Waals surface area contributed by atoms with Gasteiger partial charge in [-0.25, -0.2) is 0 Å². The highest BCUT2D eigenvalue weighted by atomic mass is 19.4. The van der Waals surface area contributed by atoms with Gasteiger partial charge in [0.05, 0.1) is 5.56 Å². The Labute approximate surface area is 132 Å². The quantitative estimate of drug-likeness (QED) is 0.927. The summed E-state index contributed by atoms with van der Waals surface area (Å²) in [6, 6.07) is 4.92. The molecular formula is C16H19F3N2O2. The van der Waals surface area contributed by atoms with Crippen molar-refractivity contribution in [1.82, 2.24) is 10.2 Å². The Balaban J connectivity index is 1.87. The lowest BCUT2D eigenvalue weighted by atomic mass is 9.96. The van der Waals surface area contributed by atoms with Crippen LogP contribution in [0, 0.1) is 5.92 Å². The molecule has 23 heavy (non-hydrogen) atoms. The van der Waals surface area contributed by atoms with Gasteiger partial charge >= 0.3 is 6.18 Å². The van der Waals surface area contributed by atoms with Crippen LogP contribution < -0.4 is 5.32 Å². The van der Waals surface area contributed by atoms with E-state index in [9.17, 15) is 22.8 Å². The summed E-state index contributed by atoms with van der Waals surface area (Å²) in [6.07, 6.45) is -3.23. The van der Waals surface area contributed by atoms with E-state index in [-0.39, 0.29) is 24.3 Å². The molecule has 1 saturated heterocycles. The molecule has 1 aromatic carbocycles. The summed E-state index contributed by atoms with van der Waals surface area (Å²) >= 11 is 0. The maximum absolute atomic E-state index is 12.6. The topological polar surface area (TPSA) is 49.4 Å². The van der Waals surface area contributed by atoms with Crippen LogP contribution in [-0.4, -0.2) is 29.8 Å². The molecule has 0 spiro atoms. The maximum atomic E-state index is 12.6. The zero-order valence-corrected chi connectivity index (χ0v) is 12.8. The van der Waals surface area contributed by atoms with Crippen LogP contribution in [0.25, 0.3) is 0 Å². The van der Waals surface area contributed by atoms with Crippen molar-refractivity contribution in [2.75, 3.05) is 13.1 Å². The molecule has 1 aromatic rings. The van der Waals surface area contributed by atoms with Gasteiger partial charge in [0.1, 0.15) is 0 Å². The first-order valence-corrected chi connectivity index (χ1v) is 7.46. The lowest BCUT2D eigenvalue weighted by molar-refractivity contribution is -0.137. The Bertz CT molecular complexity index is 579. The number of carbonyl (C=O) groups excluding carboxylic acids is 2. The smallest absolute Gasteiger partial charge is 0.352 e. The molecule has 1 aliphatic rings. The first-order chi connectivity index (χ1) is 10.8. The fourth-order valence-electron chi connectivity index (χ4n) is 2.65. The Morgan fingerprint density at radius 2 is 1.91 bits per heavy atom. The van der Waals surface area contributed by atoms with Crippen LogP contribution in [0.1, 0.15) is 30.9 Å². The number of alkyl halides is 3. The highest BCUT2D eigenvalue weighted by molar-refractivity contribution is 5.79. The van der Waals surface area contributed by atoms with E-state index in [1.54, 1.807) is 11.0 Å². The second-order valence-corrected chi connectivity index (χ2v) is 5.70. The SMILES string of the molecule is CC(=O)N1CCC(C(=O)NCc2cccc(C(F)(F)F)c2)CC1. The third-order valence-corrected chi connectivity index (χ3v) is 4.03. The van der Waals surface area contributed by atoms with Gasteiger partial charge in [0.25, 0.3) is 0 Å². The molecular weight excluding hydrogens is 309 g/mol. The lowest BCUT2D eigenvalue weighted by Crippen LogP contribution is -2.42. The maximum Gasteiger partial charge on any atom is 0.416 e. The number of benzene rings is 1. The number of halogens is 3. The van der Waals surface area contributed by atoms with Crippen molar-refractivity contribution in [3.05, 3.63) is 35.4 Å². The Hall–Kier alpha value is -2.05. The van der Waals surface area contributed by atoms with Crippen molar-refractivity contribution in [1.29, 1.82) is 0 Å². The van der Waals surface area contributed by atoms with Crippen LogP contribution in [0.15, 0.2) is 24.3 Å². The van der Waals surface area contributed by atoms with Crippen LogP contribution in [0.3, 0.4) is 0 Å². The number of nitrogens with zero attached hydrogens (tertiary/aromatic N) is 1.